The number of aryl methyl sites for hydroxylation is 1. The molecule has 1 N–H and O–H groups in total. The summed E-state index contributed by atoms with van der Waals surface area (Å²) in [5.41, 5.74) is 3.20. The molecular formula is C31H29N3O4S. The van der Waals surface area contributed by atoms with Crippen molar-refractivity contribution in [2.24, 2.45) is 0 Å². The van der Waals surface area contributed by atoms with Gasteiger partial charge in [0, 0.05) is 24.4 Å². The standard InChI is InChI=1S/C31H29N3O4S/c35-31(28-8-2-1-3-9-28)33-39(36,37)20-16-27-14-12-25(23-34-18-6-17-32-34)22-30(27)38-19-15-24-11-13-26-7-4-5-10-29(26)21-24/h1-14,17-18,21-22H,15-16,19-20,23H2,(H,33,35). The van der Waals surface area contributed by atoms with E-state index in [1.165, 1.54) is 10.8 Å². The fraction of sp³-hybridized carbons (Fsp3) is 0.161. The highest BCUT2D eigenvalue weighted by Crippen LogP contribution is 2.23. The molecule has 0 unspecified atom stereocenters. The van der Waals surface area contributed by atoms with E-state index >= 15 is 0 Å². The van der Waals surface area contributed by atoms with Gasteiger partial charge in [0.15, 0.2) is 0 Å². The van der Waals surface area contributed by atoms with Crippen molar-refractivity contribution in [2.75, 3.05) is 12.4 Å². The zero-order valence-corrected chi connectivity index (χ0v) is 22.2. The van der Waals surface area contributed by atoms with Gasteiger partial charge >= 0.3 is 0 Å². The Hall–Kier alpha value is -4.43. The van der Waals surface area contributed by atoms with Crippen LogP contribution in [0.15, 0.2) is 109 Å². The van der Waals surface area contributed by atoms with E-state index in [-0.39, 0.29) is 12.2 Å². The predicted molar refractivity (Wildman–Crippen MR) is 152 cm³/mol. The summed E-state index contributed by atoms with van der Waals surface area (Å²) < 4.78 is 35.6. The van der Waals surface area contributed by atoms with Crippen LogP contribution in [0, 0.1) is 0 Å². The molecule has 5 rings (SSSR count). The van der Waals surface area contributed by atoms with Crippen LogP contribution in [0.25, 0.3) is 10.8 Å². The molecule has 1 amide bonds. The molecule has 39 heavy (non-hydrogen) atoms. The second-order valence-electron chi connectivity index (χ2n) is 9.29. The van der Waals surface area contributed by atoms with E-state index in [0.29, 0.717) is 30.9 Å². The summed E-state index contributed by atoms with van der Waals surface area (Å²) in [5, 5.41) is 6.64. The molecule has 0 aliphatic rings. The first-order chi connectivity index (χ1) is 18.9. The van der Waals surface area contributed by atoms with E-state index in [1.807, 2.05) is 47.3 Å². The van der Waals surface area contributed by atoms with E-state index in [9.17, 15) is 13.2 Å². The third-order valence-electron chi connectivity index (χ3n) is 6.42. The largest absolute Gasteiger partial charge is 0.493 e. The van der Waals surface area contributed by atoms with Crippen LogP contribution in [0.5, 0.6) is 5.75 Å². The fourth-order valence-corrected chi connectivity index (χ4v) is 5.37. The van der Waals surface area contributed by atoms with Gasteiger partial charge in [-0.2, -0.15) is 5.10 Å². The van der Waals surface area contributed by atoms with E-state index < -0.39 is 15.9 Å². The van der Waals surface area contributed by atoms with E-state index in [0.717, 1.165) is 16.7 Å². The number of rotatable bonds is 11. The van der Waals surface area contributed by atoms with Crippen molar-refractivity contribution in [1.29, 1.82) is 0 Å². The monoisotopic (exact) mass is 539 g/mol. The normalized spacial score (nSPS) is 11.4. The summed E-state index contributed by atoms with van der Waals surface area (Å²) in [6.07, 6.45) is 4.52. The molecular weight excluding hydrogens is 510 g/mol. The number of sulfonamides is 1. The molecule has 0 saturated carbocycles. The average Bonchev–Trinajstić information content (AvgIpc) is 3.46. The van der Waals surface area contributed by atoms with Crippen molar-refractivity contribution in [1.82, 2.24) is 14.5 Å². The molecule has 0 saturated heterocycles. The maximum atomic E-state index is 12.7. The second-order valence-corrected chi connectivity index (χ2v) is 11.1. The number of carbonyl (C=O) groups excluding carboxylic acids is 1. The zero-order chi connectivity index (χ0) is 27.1. The lowest BCUT2D eigenvalue weighted by molar-refractivity contribution is 0.0981. The lowest BCUT2D eigenvalue weighted by Crippen LogP contribution is -2.33. The van der Waals surface area contributed by atoms with Gasteiger partial charge in [-0.25, -0.2) is 13.1 Å². The number of hydrogen-bond donors (Lipinski definition) is 1. The first kappa shape index (κ1) is 26.2. The molecule has 0 spiro atoms. The Labute approximate surface area is 228 Å². The number of aromatic nitrogens is 2. The number of fused-ring (bicyclic) bond motifs is 1. The summed E-state index contributed by atoms with van der Waals surface area (Å²) in [4.78, 5) is 12.4. The minimum atomic E-state index is -3.85. The van der Waals surface area contributed by atoms with Crippen LogP contribution >= 0.6 is 0 Å². The number of benzene rings is 4. The lowest BCUT2D eigenvalue weighted by Gasteiger charge is -2.14. The Bertz CT molecular complexity index is 1670. The molecule has 5 aromatic rings. The summed E-state index contributed by atoms with van der Waals surface area (Å²) in [5.74, 6) is -0.257. The first-order valence-corrected chi connectivity index (χ1v) is 14.4. The minimum Gasteiger partial charge on any atom is -0.493 e. The van der Waals surface area contributed by atoms with Crippen molar-refractivity contribution in [3.05, 3.63) is 132 Å². The molecule has 4 aromatic carbocycles. The van der Waals surface area contributed by atoms with Crippen LogP contribution in [0.4, 0.5) is 0 Å². The Morgan fingerprint density at radius 3 is 2.38 bits per heavy atom. The summed E-state index contributed by atoms with van der Waals surface area (Å²) >= 11 is 0. The molecule has 198 valence electrons. The van der Waals surface area contributed by atoms with Crippen LogP contribution in [0.1, 0.15) is 27.0 Å². The van der Waals surface area contributed by atoms with Crippen molar-refractivity contribution in [3.8, 4) is 5.75 Å². The van der Waals surface area contributed by atoms with Gasteiger partial charge in [-0.15, -0.1) is 0 Å². The zero-order valence-electron chi connectivity index (χ0n) is 21.4. The quantitative estimate of drug-likeness (QED) is 0.255. The maximum absolute atomic E-state index is 12.7. The SMILES string of the molecule is O=C(NS(=O)(=O)CCc1ccc(Cn2cccn2)cc1OCCc1ccc2ccccc2c1)c1ccccc1. The van der Waals surface area contributed by atoms with Gasteiger partial charge in [0.25, 0.3) is 5.91 Å². The average molecular weight is 540 g/mol. The van der Waals surface area contributed by atoms with Crippen LogP contribution in [0.3, 0.4) is 0 Å². The van der Waals surface area contributed by atoms with Crippen molar-refractivity contribution in [3.63, 3.8) is 0 Å². The third kappa shape index (κ3) is 7.12. The Kier molecular flexibility index (Phi) is 8.03. The number of ether oxygens (including phenoxy) is 1. The molecule has 0 atom stereocenters. The second kappa shape index (κ2) is 12.0. The highest BCUT2D eigenvalue weighted by molar-refractivity contribution is 7.90. The number of amides is 1. The summed E-state index contributed by atoms with van der Waals surface area (Å²) in [6, 6.07) is 30.5. The van der Waals surface area contributed by atoms with Crippen LogP contribution in [-0.4, -0.2) is 36.5 Å². The molecule has 0 radical (unpaired) electrons. The Morgan fingerprint density at radius 1 is 0.821 bits per heavy atom. The summed E-state index contributed by atoms with van der Waals surface area (Å²) in [6.45, 7) is 1.01. The van der Waals surface area contributed by atoms with Crippen molar-refractivity contribution >= 4 is 26.7 Å². The molecule has 8 heteroatoms. The van der Waals surface area contributed by atoms with Gasteiger partial charge < -0.3 is 4.74 Å². The van der Waals surface area contributed by atoms with Crippen molar-refractivity contribution in [2.45, 2.75) is 19.4 Å². The topological polar surface area (TPSA) is 90.3 Å². The highest BCUT2D eigenvalue weighted by atomic mass is 32.2. The van der Waals surface area contributed by atoms with Gasteiger partial charge in [-0.05, 0) is 58.1 Å². The number of nitrogens with one attached hydrogen (secondary N) is 1. The van der Waals surface area contributed by atoms with Crippen LogP contribution < -0.4 is 9.46 Å². The maximum Gasteiger partial charge on any atom is 0.264 e. The van der Waals surface area contributed by atoms with Gasteiger partial charge in [-0.1, -0.05) is 72.8 Å². The minimum absolute atomic E-state index is 0.199. The number of nitrogens with zero attached hydrogens (tertiary/aromatic N) is 2. The molecule has 1 aromatic heterocycles. The predicted octanol–water partition coefficient (Wildman–Crippen LogP) is 5.01. The van der Waals surface area contributed by atoms with Crippen LogP contribution in [0.2, 0.25) is 0 Å². The Balaban J connectivity index is 1.28. The van der Waals surface area contributed by atoms with E-state index in [1.54, 1.807) is 36.5 Å². The molecule has 0 aliphatic carbocycles. The fourth-order valence-electron chi connectivity index (χ4n) is 4.38. The molecule has 7 nitrogen and oxygen atoms in total. The highest BCUT2D eigenvalue weighted by Gasteiger charge is 2.17. The van der Waals surface area contributed by atoms with E-state index in [4.69, 9.17) is 4.74 Å². The van der Waals surface area contributed by atoms with Gasteiger partial charge in [0.1, 0.15) is 5.75 Å². The van der Waals surface area contributed by atoms with Gasteiger partial charge in [-0.3, -0.25) is 9.48 Å². The van der Waals surface area contributed by atoms with Gasteiger partial charge in [0.05, 0.1) is 18.9 Å². The Morgan fingerprint density at radius 2 is 1.59 bits per heavy atom. The smallest absolute Gasteiger partial charge is 0.264 e. The van der Waals surface area contributed by atoms with Gasteiger partial charge in [0.2, 0.25) is 10.0 Å². The van der Waals surface area contributed by atoms with E-state index in [2.05, 4.69) is 40.2 Å². The molecule has 0 bridgehead atoms. The van der Waals surface area contributed by atoms with Crippen molar-refractivity contribution < 1.29 is 17.9 Å². The number of hydrogen-bond acceptors (Lipinski definition) is 5. The van der Waals surface area contributed by atoms with Crippen LogP contribution in [-0.2, 0) is 29.4 Å². The lowest BCUT2D eigenvalue weighted by atomic mass is 10.1. The summed E-state index contributed by atoms with van der Waals surface area (Å²) in [7, 11) is -3.85. The number of carbonyl (C=O) groups is 1. The molecule has 0 fully saturated rings. The third-order valence-corrected chi connectivity index (χ3v) is 7.66. The molecule has 1 heterocycles. The first-order valence-electron chi connectivity index (χ1n) is 12.7. The molecule has 0 aliphatic heterocycles.